The number of nitrogens with one attached hydrogen (secondary N) is 2. The van der Waals surface area contributed by atoms with Gasteiger partial charge in [-0.05, 0) is 31.8 Å². The predicted molar refractivity (Wildman–Crippen MR) is 67.3 cm³/mol. The highest BCUT2D eigenvalue weighted by Gasteiger charge is 2.30. The molecule has 0 aliphatic rings. The standard InChI is InChI=1S/C10H20N2O4S/c1-10(16,8(13)14)7-12-9(15)11-5-3-4-6-17-2/h16H,3-7H2,1-2H3,(H,13,14)(H2,11,12,15). The van der Waals surface area contributed by atoms with E-state index in [4.69, 9.17) is 5.11 Å². The summed E-state index contributed by atoms with van der Waals surface area (Å²) < 4.78 is 0. The molecular weight excluding hydrogens is 244 g/mol. The molecule has 17 heavy (non-hydrogen) atoms. The van der Waals surface area contributed by atoms with E-state index in [1.807, 2.05) is 6.26 Å². The maximum absolute atomic E-state index is 11.2. The van der Waals surface area contributed by atoms with Gasteiger partial charge in [0, 0.05) is 6.54 Å². The van der Waals surface area contributed by atoms with Gasteiger partial charge in [-0.3, -0.25) is 0 Å². The number of unbranched alkanes of at least 4 members (excludes halogenated alkanes) is 1. The Morgan fingerprint density at radius 1 is 1.29 bits per heavy atom. The number of carboxylic acid groups (broad SMARTS) is 1. The quantitative estimate of drug-likeness (QED) is 0.472. The van der Waals surface area contributed by atoms with Crippen LogP contribution in [0.2, 0.25) is 0 Å². The molecule has 0 saturated heterocycles. The van der Waals surface area contributed by atoms with Crippen molar-refractivity contribution in [2.24, 2.45) is 0 Å². The molecular formula is C10H20N2O4S. The number of carbonyl (C=O) groups is 2. The first-order chi connectivity index (χ1) is 7.90. The highest BCUT2D eigenvalue weighted by atomic mass is 32.2. The fourth-order valence-corrected chi connectivity index (χ4v) is 1.46. The molecule has 2 amide bonds. The van der Waals surface area contributed by atoms with Gasteiger partial charge in [0.15, 0.2) is 5.60 Å². The van der Waals surface area contributed by atoms with E-state index in [-0.39, 0.29) is 6.54 Å². The van der Waals surface area contributed by atoms with Crippen LogP contribution in [0.15, 0.2) is 0 Å². The number of hydrogen-bond acceptors (Lipinski definition) is 4. The van der Waals surface area contributed by atoms with Crippen molar-refractivity contribution in [2.45, 2.75) is 25.4 Å². The van der Waals surface area contributed by atoms with Crippen LogP contribution in [0.1, 0.15) is 19.8 Å². The Morgan fingerprint density at radius 3 is 2.47 bits per heavy atom. The van der Waals surface area contributed by atoms with Crippen molar-refractivity contribution in [3.8, 4) is 0 Å². The van der Waals surface area contributed by atoms with E-state index >= 15 is 0 Å². The van der Waals surface area contributed by atoms with E-state index in [0.29, 0.717) is 6.54 Å². The third-order valence-electron chi connectivity index (χ3n) is 2.11. The summed E-state index contributed by atoms with van der Waals surface area (Å²) in [6.07, 6.45) is 3.92. The number of hydrogen-bond donors (Lipinski definition) is 4. The highest BCUT2D eigenvalue weighted by molar-refractivity contribution is 7.98. The second-order valence-electron chi connectivity index (χ2n) is 3.89. The van der Waals surface area contributed by atoms with Crippen LogP contribution in [-0.4, -0.2) is 52.9 Å². The van der Waals surface area contributed by atoms with Gasteiger partial charge in [-0.2, -0.15) is 11.8 Å². The minimum atomic E-state index is -1.93. The molecule has 0 aliphatic carbocycles. The zero-order valence-corrected chi connectivity index (χ0v) is 11.0. The molecule has 0 aromatic rings. The zero-order chi connectivity index (χ0) is 13.3. The Hall–Kier alpha value is -0.950. The average molecular weight is 264 g/mol. The van der Waals surface area contributed by atoms with Crippen LogP contribution in [0.25, 0.3) is 0 Å². The first-order valence-corrected chi connectivity index (χ1v) is 6.76. The summed E-state index contributed by atoms with van der Waals surface area (Å²) in [4.78, 5) is 21.8. The van der Waals surface area contributed by atoms with Gasteiger partial charge in [0.2, 0.25) is 0 Å². The van der Waals surface area contributed by atoms with Crippen LogP contribution >= 0.6 is 11.8 Å². The molecule has 6 nitrogen and oxygen atoms in total. The minimum absolute atomic E-state index is 0.320. The van der Waals surface area contributed by atoms with Crippen LogP contribution in [-0.2, 0) is 4.79 Å². The zero-order valence-electron chi connectivity index (χ0n) is 10.2. The Labute approximate surface area is 105 Å². The molecule has 7 heteroatoms. The highest BCUT2D eigenvalue weighted by Crippen LogP contribution is 2.00. The Bertz CT molecular complexity index is 259. The van der Waals surface area contributed by atoms with E-state index in [1.165, 1.54) is 0 Å². The summed E-state index contributed by atoms with van der Waals surface area (Å²) >= 11 is 1.75. The Morgan fingerprint density at radius 2 is 1.94 bits per heavy atom. The summed E-state index contributed by atoms with van der Waals surface area (Å²) in [5.74, 6) is -0.311. The molecule has 1 atom stereocenters. The second kappa shape index (κ2) is 8.19. The number of urea groups is 1. The molecule has 0 aromatic heterocycles. The second-order valence-corrected chi connectivity index (χ2v) is 4.87. The molecule has 4 N–H and O–H groups in total. The van der Waals surface area contributed by atoms with Crippen LogP contribution in [0.4, 0.5) is 4.79 Å². The number of thioether (sulfide) groups is 1. The van der Waals surface area contributed by atoms with E-state index in [2.05, 4.69) is 10.6 Å². The monoisotopic (exact) mass is 264 g/mol. The van der Waals surface area contributed by atoms with E-state index < -0.39 is 17.6 Å². The van der Waals surface area contributed by atoms with Gasteiger partial charge < -0.3 is 20.8 Å². The van der Waals surface area contributed by atoms with Gasteiger partial charge in [0.05, 0.1) is 6.54 Å². The maximum Gasteiger partial charge on any atom is 0.337 e. The SMILES string of the molecule is CSCCCCNC(=O)NCC(C)(O)C(=O)O. The van der Waals surface area contributed by atoms with Crippen molar-refractivity contribution < 1.29 is 19.8 Å². The van der Waals surface area contributed by atoms with Gasteiger partial charge in [0.1, 0.15) is 0 Å². The third-order valence-corrected chi connectivity index (χ3v) is 2.81. The molecule has 0 fully saturated rings. The van der Waals surface area contributed by atoms with Gasteiger partial charge in [-0.25, -0.2) is 9.59 Å². The third kappa shape index (κ3) is 7.87. The molecule has 100 valence electrons. The molecule has 0 heterocycles. The number of aliphatic hydroxyl groups is 1. The largest absolute Gasteiger partial charge is 0.479 e. The topological polar surface area (TPSA) is 98.7 Å². The Kier molecular flexibility index (Phi) is 7.73. The van der Waals surface area contributed by atoms with E-state index in [0.717, 1.165) is 25.5 Å². The van der Waals surface area contributed by atoms with Crippen molar-refractivity contribution in [3.63, 3.8) is 0 Å². The summed E-state index contributed by atoms with van der Waals surface area (Å²) in [7, 11) is 0. The lowest BCUT2D eigenvalue weighted by Gasteiger charge is -2.18. The number of amides is 2. The van der Waals surface area contributed by atoms with Gasteiger partial charge in [0.25, 0.3) is 0 Å². The van der Waals surface area contributed by atoms with Crippen molar-refractivity contribution in [2.75, 3.05) is 25.1 Å². The van der Waals surface area contributed by atoms with Gasteiger partial charge in [-0.15, -0.1) is 0 Å². The number of carbonyl (C=O) groups excluding carboxylic acids is 1. The summed E-state index contributed by atoms with van der Waals surface area (Å²) in [6, 6.07) is -0.462. The first kappa shape index (κ1) is 16.1. The molecule has 0 spiro atoms. The van der Waals surface area contributed by atoms with Crippen LogP contribution in [0, 0.1) is 0 Å². The summed E-state index contributed by atoms with van der Waals surface area (Å²) in [6.45, 7) is 1.36. The minimum Gasteiger partial charge on any atom is -0.479 e. The predicted octanol–water partition coefficient (Wildman–Crippen LogP) is 0.264. The number of carboxylic acids is 1. The molecule has 1 unspecified atom stereocenters. The van der Waals surface area contributed by atoms with Crippen molar-refractivity contribution in [3.05, 3.63) is 0 Å². The molecule has 0 aliphatic heterocycles. The lowest BCUT2D eigenvalue weighted by molar-refractivity contribution is -0.155. The van der Waals surface area contributed by atoms with Crippen LogP contribution in [0.5, 0.6) is 0 Å². The first-order valence-electron chi connectivity index (χ1n) is 5.36. The van der Waals surface area contributed by atoms with E-state index in [9.17, 15) is 14.7 Å². The van der Waals surface area contributed by atoms with Crippen LogP contribution < -0.4 is 10.6 Å². The molecule has 0 rings (SSSR count). The van der Waals surface area contributed by atoms with Crippen molar-refractivity contribution >= 4 is 23.8 Å². The molecule has 0 saturated carbocycles. The number of rotatable bonds is 8. The lowest BCUT2D eigenvalue weighted by Crippen LogP contribution is -2.49. The molecule has 0 aromatic carbocycles. The van der Waals surface area contributed by atoms with E-state index in [1.54, 1.807) is 11.8 Å². The summed E-state index contributed by atoms with van der Waals surface area (Å²) in [5, 5.41) is 22.8. The van der Waals surface area contributed by atoms with Gasteiger partial charge >= 0.3 is 12.0 Å². The normalized spacial score (nSPS) is 13.8. The molecule has 0 bridgehead atoms. The average Bonchev–Trinajstić information content (AvgIpc) is 2.26. The lowest BCUT2D eigenvalue weighted by atomic mass is 10.1. The smallest absolute Gasteiger partial charge is 0.337 e. The molecule has 0 radical (unpaired) electrons. The fourth-order valence-electron chi connectivity index (χ4n) is 0.964. The Balaban J connectivity index is 3.63. The number of aliphatic carboxylic acids is 1. The summed E-state index contributed by atoms with van der Waals surface area (Å²) in [5.41, 5.74) is -1.93. The van der Waals surface area contributed by atoms with Gasteiger partial charge in [-0.1, -0.05) is 0 Å². The maximum atomic E-state index is 11.2. The fraction of sp³-hybridized carbons (Fsp3) is 0.800. The van der Waals surface area contributed by atoms with Crippen LogP contribution in [0.3, 0.4) is 0 Å². The van der Waals surface area contributed by atoms with Crippen molar-refractivity contribution in [1.82, 2.24) is 10.6 Å². The van der Waals surface area contributed by atoms with Crippen molar-refractivity contribution in [1.29, 1.82) is 0 Å².